The molecule has 0 N–H and O–H groups in total. The molecule has 0 aliphatic heterocycles. The van der Waals surface area contributed by atoms with Gasteiger partial charge in [0.05, 0.1) is 11.2 Å². The van der Waals surface area contributed by atoms with Gasteiger partial charge in [0.25, 0.3) is 0 Å². The molecule has 10 heavy (non-hydrogen) atoms. The average molecular weight is 154 g/mol. The lowest BCUT2D eigenvalue weighted by Gasteiger charge is -1.82. The van der Waals surface area contributed by atoms with Crippen molar-refractivity contribution in [2.24, 2.45) is 0 Å². The molecule has 2 aromatic heterocycles. The molecule has 0 saturated heterocycles. The van der Waals surface area contributed by atoms with Crippen molar-refractivity contribution >= 4 is 22.6 Å². The van der Waals surface area contributed by atoms with E-state index in [0.29, 0.717) is 5.02 Å². The van der Waals surface area contributed by atoms with Crippen LogP contribution in [0.4, 0.5) is 0 Å². The number of aromatic nitrogens is 1. The zero-order chi connectivity index (χ0) is 6.97. The second-order valence-electron chi connectivity index (χ2n) is 1.96. The number of hydrogen-bond acceptors (Lipinski definition) is 2. The first-order valence-electron chi connectivity index (χ1n) is 2.84. The monoisotopic (exact) mass is 153 g/mol. The van der Waals surface area contributed by atoms with E-state index < -0.39 is 0 Å². The summed E-state index contributed by atoms with van der Waals surface area (Å²) >= 11 is 5.75. The topological polar surface area (TPSA) is 26.0 Å². The van der Waals surface area contributed by atoms with Crippen LogP contribution >= 0.6 is 11.6 Å². The van der Waals surface area contributed by atoms with E-state index in [1.54, 1.807) is 12.4 Å². The van der Waals surface area contributed by atoms with Gasteiger partial charge < -0.3 is 4.42 Å². The summed E-state index contributed by atoms with van der Waals surface area (Å²) in [5.41, 5.74) is 0.729. The zero-order valence-electron chi connectivity index (χ0n) is 5.04. The molecule has 0 unspecified atom stereocenters. The lowest BCUT2D eigenvalue weighted by molar-refractivity contribution is 0.614. The van der Waals surface area contributed by atoms with Crippen LogP contribution in [-0.4, -0.2) is 4.98 Å². The van der Waals surface area contributed by atoms with E-state index in [0.717, 1.165) is 11.0 Å². The van der Waals surface area contributed by atoms with Crippen molar-refractivity contribution in [3.05, 3.63) is 29.7 Å². The molecule has 0 fully saturated rings. The van der Waals surface area contributed by atoms with E-state index in [9.17, 15) is 0 Å². The van der Waals surface area contributed by atoms with Crippen molar-refractivity contribution in [1.82, 2.24) is 4.98 Å². The Bertz CT molecular complexity index is 355. The molecule has 2 nitrogen and oxygen atoms in total. The molecule has 50 valence electrons. The van der Waals surface area contributed by atoms with Gasteiger partial charge in [0.1, 0.15) is 6.26 Å². The molecule has 0 aliphatic carbocycles. The summed E-state index contributed by atoms with van der Waals surface area (Å²) in [6.07, 6.45) is 4.83. The Hall–Kier alpha value is -1.02. The fraction of sp³-hybridized carbons (Fsp3) is 0. The number of hydrogen-bond donors (Lipinski definition) is 0. The van der Waals surface area contributed by atoms with Crippen LogP contribution in [0.5, 0.6) is 0 Å². The molecule has 0 atom stereocenters. The minimum Gasteiger partial charge on any atom is -0.461 e. The van der Waals surface area contributed by atoms with Crippen molar-refractivity contribution in [1.29, 1.82) is 0 Å². The molecule has 0 aromatic carbocycles. The highest BCUT2D eigenvalue weighted by atomic mass is 35.5. The lowest BCUT2D eigenvalue weighted by Crippen LogP contribution is -1.66. The van der Waals surface area contributed by atoms with Crippen LogP contribution in [0.1, 0.15) is 0 Å². The maximum Gasteiger partial charge on any atom is 0.153 e. The Labute approximate surface area is 62.4 Å². The Balaban J connectivity index is 2.93. The van der Waals surface area contributed by atoms with Gasteiger partial charge in [-0.15, -0.1) is 0 Å². The van der Waals surface area contributed by atoms with Crippen LogP contribution in [0.3, 0.4) is 0 Å². The quantitative estimate of drug-likeness (QED) is 0.581. The molecule has 3 heteroatoms. The van der Waals surface area contributed by atoms with Crippen molar-refractivity contribution in [3.8, 4) is 0 Å². The first-order valence-corrected chi connectivity index (χ1v) is 3.22. The van der Waals surface area contributed by atoms with Gasteiger partial charge in [0, 0.05) is 11.6 Å². The first-order chi connectivity index (χ1) is 4.88. The van der Waals surface area contributed by atoms with Crippen molar-refractivity contribution in [2.45, 2.75) is 0 Å². The molecule has 2 heterocycles. The summed E-state index contributed by atoms with van der Waals surface area (Å²) in [4.78, 5) is 3.87. The minimum atomic E-state index is 0.636. The summed E-state index contributed by atoms with van der Waals surface area (Å²) < 4.78 is 5.05. The molecule has 0 spiro atoms. The van der Waals surface area contributed by atoms with Crippen LogP contribution < -0.4 is 0 Å². The number of halogens is 1. The summed E-state index contributed by atoms with van der Waals surface area (Å²) in [7, 11) is 0. The largest absolute Gasteiger partial charge is 0.461 e. The molecule has 0 saturated carbocycles. The molecule has 0 bridgehead atoms. The second kappa shape index (κ2) is 1.99. The van der Waals surface area contributed by atoms with Crippen LogP contribution in [0.25, 0.3) is 11.0 Å². The highest BCUT2D eigenvalue weighted by Gasteiger charge is 2.00. The predicted octanol–water partition coefficient (Wildman–Crippen LogP) is 2.48. The molecule has 0 radical (unpaired) electrons. The number of furan rings is 1. The standard InChI is InChI=1S/C7H4ClNO/c8-6-4-10-7-3-9-2-1-5(6)7/h1-4H. The van der Waals surface area contributed by atoms with Crippen LogP contribution in [0.15, 0.2) is 29.1 Å². The van der Waals surface area contributed by atoms with E-state index in [4.69, 9.17) is 16.0 Å². The third-order valence-corrected chi connectivity index (χ3v) is 1.62. The van der Waals surface area contributed by atoms with E-state index in [1.165, 1.54) is 6.26 Å². The average Bonchev–Trinajstić information content (AvgIpc) is 2.34. The van der Waals surface area contributed by atoms with Gasteiger partial charge in [-0.2, -0.15) is 0 Å². The van der Waals surface area contributed by atoms with E-state index >= 15 is 0 Å². The van der Waals surface area contributed by atoms with Gasteiger partial charge in [-0.3, -0.25) is 4.98 Å². The van der Waals surface area contributed by atoms with Crippen molar-refractivity contribution < 1.29 is 4.42 Å². The van der Waals surface area contributed by atoms with Gasteiger partial charge in [-0.25, -0.2) is 0 Å². The minimum absolute atomic E-state index is 0.636. The molecular weight excluding hydrogens is 150 g/mol. The fourth-order valence-corrected chi connectivity index (χ4v) is 1.05. The Morgan fingerprint density at radius 2 is 2.40 bits per heavy atom. The SMILES string of the molecule is Clc1coc2cnccc12. The lowest BCUT2D eigenvalue weighted by atomic mass is 10.3. The Kier molecular flexibility index (Phi) is 1.14. The second-order valence-corrected chi connectivity index (χ2v) is 2.36. The normalized spacial score (nSPS) is 10.5. The van der Waals surface area contributed by atoms with Crippen molar-refractivity contribution in [2.75, 3.05) is 0 Å². The molecule has 2 aromatic rings. The van der Waals surface area contributed by atoms with Gasteiger partial charge in [0.2, 0.25) is 0 Å². The number of rotatable bonds is 0. The first kappa shape index (κ1) is 5.74. The summed E-state index contributed by atoms with van der Waals surface area (Å²) in [6.45, 7) is 0. The van der Waals surface area contributed by atoms with E-state index in [-0.39, 0.29) is 0 Å². The fourth-order valence-electron chi connectivity index (χ4n) is 0.850. The third kappa shape index (κ3) is 0.693. The van der Waals surface area contributed by atoms with Gasteiger partial charge in [-0.1, -0.05) is 11.6 Å². The van der Waals surface area contributed by atoms with E-state index in [2.05, 4.69) is 4.98 Å². The molecule has 0 amide bonds. The van der Waals surface area contributed by atoms with Gasteiger partial charge in [-0.05, 0) is 6.07 Å². The van der Waals surface area contributed by atoms with Crippen LogP contribution in [0, 0.1) is 0 Å². The maximum absolute atomic E-state index is 5.75. The van der Waals surface area contributed by atoms with Gasteiger partial charge in [0.15, 0.2) is 5.58 Å². The highest BCUT2D eigenvalue weighted by Crippen LogP contribution is 2.23. The maximum atomic E-state index is 5.75. The van der Waals surface area contributed by atoms with E-state index in [1.807, 2.05) is 6.07 Å². The summed E-state index contributed by atoms with van der Waals surface area (Å²) in [5.74, 6) is 0. The Morgan fingerprint density at radius 1 is 1.50 bits per heavy atom. The van der Waals surface area contributed by atoms with Crippen molar-refractivity contribution in [3.63, 3.8) is 0 Å². The number of pyridine rings is 1. The summed E-state index contributed by atoms with van der Waals surface area (Å²) in [5, 5.41) is 1.55. The molecule has 0 aliphatic rings. The summed E-state index contributed by atoms with van der Waals surface area (Å²) in [6, 6.07) is 1.82. The third-order valence-electron chi connectivity index (χ3n) is 1.33. The Morgan fingerprint density at radius 3 is 3.20 bits per heavy atom. The number of fused-ring (bicyclic) bond motifs is 1. The van der Waals surface area contributed by atoms with Crippen LogP contribution in [0.2, 0.25) is 5.02 Å². The number of nitrogens with zero attached hydrogens (tertiary/aromatic N) is 1. The van der Waals surface area contributed by atoms with Crippen LogP contribution in [-0.2, 0) is 0 Å². The zero-order valence-corrected chi connectivity index (χ0v) is 5.80. The molecular formula is C7H4ClNO. The molecule has 2 rings (SSSR count). The highest BCUT2D eigenvalue weighted by molar-refractivity contribution is 6.35. The predicted molar refractivity (Wildman–Crippen MR) is 39.0 cm³/mol. The van der Waals surface area contributed by atoms with Gasteiger partial charge >= 0.3 is 0 Å². The smallest absolute Gasteiger partial charge is 0.153 e.